The average molecular weight is 317 g/mol. The predicted octanol–water partition coefficient (Wildman–Crippen LogP) is 5.23. The maximum atomic E-state index is 13.4. The normalized spacial score (nSPS) is 14.5. The molecule has 0 aromatic heterocycles. The van der Waals surface area contributed by atoms with Crippen LogP contribution in [0.2, 0.25) is 0 Å². The van der Waals surface area contributed by atoms with Crippen molar-refractivity contribution in [3.05, 3.63) is 34.1 Å². The molecule has 2 unspecified atom stereocenters. The van der Waals surface area contributed by atoms with Crippen LogP contribution in [0.3, 0.4) is 0 Å². The summed E-state index contributed by atoms with van der Waals surface area (Å²) in [6, 6.07) is 4.85. The summed E-state index contributed by atoms with van der Waals surface area (Å²) in [4.78, 5) is 0. The topological polar surface area (TPSA) is 20.2 Å². The second-order valence-electron chi connectivity index (χ2n) is 4.84. The molecule has 1 N–H and O–H groups in total. The Balaban J connectivity index is 2.62. The average Bonchev–Trinajstić information content (AvgIpc) is 2.37. The molecule has 0 aliphatic carbocycles. The van der Waals surface area contributed by atoms with Gasteiger partial charge in [0.2, 0.25) is 0 Å². The molecular formula is C15H22BrFO. The van der Waals surface area contributed by atoms with Gasteiger partial charge in [-0.2, -0.15) is 0 Å². The fourth-order valence-electron chi connectivity index (χ4n) is 2.15. The molecular weight excluding hydrogens is 295 g/mol. The Morgan fingerprint density at radius 3 is 2.61 bits per heavy atom. The molecule has 1 nitrogen and oxygen atoms in total. The van der Waals surface area contributed by atoms with E-state index in [0.717, 1.165) is 19.3 Å². The van der Waals surface area contributed by atoms with E-state index < -0.39 is 6.10 Å². The summed E-state index contributed by atoms with van der Waals surface area (Å²) in [5.41, 5.74) is 0.672. The van der Waals surface area contributed by atoms with Crippen LogP contribution in [0, 0.1) is 11.7 Å². The summed E-state index contributed by atoms with van der Waals surface area (Å²) < 4.78 is 13.8. The number of halogens is 2. The van der Waals surface area contributed by atoms with E-state index in [1.807, 2.05) is 0 Å². The second kappa shape index (κ2) is 7.90. The zero-order valence-corrected chi connectivity index (χ0v) is 12.7. The Morgan fingerprint density at radius 1 is 1.33 bits per heavy atom. The molecule has 2 atom stereocenters. The van der Waals surface area contributed by atoms with Gasteiger partial charge in [-0.25, -0.2) is 4.39 Å². The van der Waals surface area contributed by atoms with E-state index in [0.29, 0.717) is 16.0 Å². The molecule has 3 heteroatoms. The monoisotopic (exact) mass is 316 g/mol. The first-order chi connectivity index (χ1) is 8.58. The molecule has 0 bridgehead atoms. The van der Waals surface area contributed by atoms with E-state index in [1.165, 1.54) is 18.9 Å². The lowest BCUT2D eigenvalue weighted by molar-refractivity contribution is 0.138. The SMILES string of the molecule is CCCCC(CC)CC(O)c1ccc(Br)c(F)c1. The molecule has 0 aliphatic heterocycles. The minimum atomic E-state index is -0.561. The van der Waals surface area contributed by atoms with Gasteiger partial charge < -0.3 is 5.11 Å². The Bertz CT molecular complexity index is 368. The van der Waals surface area contributed by atoms with E-state index in [4.69, 9.17) is 0 Å². The van der Waals surface area contributed by atoms with Gasteiger partial charge in [-0.05, 0) is 46.0 Å². The van der Waals surface area contributed by atoms with Crippen molar-refractivity contribution in [1.29, 1.82) is 0 Å². The lowest BCUT2D eigenvalue weighted by Crippen LogP contribution is -2.07. The molecule has 102 valence electrons. The molecule has 0 heterocycles. The van der Waals surface area contributed by atoms with Crippen LogP contribution in [0.4, 0.5) is 4.39 Å². The Morgan fingerprint density at radius 2 is 2.06 bits per heavy atom. The van der Waals surface area contributed by atoms with E-state index in [-0.39, 0.29) is 5.82 Å². The number of unbranched alkanes of at least 4 members (excludes halogenated alkanes) is 1. The van der Waals surface area contributed by atoms with Crippen molar-refractivity contribution in [1.82, 2.24) is 0 Å². The number of hydrogen-bond donors (Lipinski definition) is 1. The summed E-state index contributed by atoms with van der Waals surface area (Å²) in [5, 5.41) is 10.2. The third kappa shape index (κ3) is 4.69. The predicted molar refractivity (Wildman–Crippen MR) is 77.0 cm³/mol. The van der Waals surface area contributed by atoms with Gasteiger partial charge in [-0.3, -0.25) is 0 Å². The van der Waals surface area contributed by atoms with Gasteiger partial charge in [-0.15, -0.1) is 0 Å². The van der Waals surface area contributed by atoms with Crippen LogP contribution >= 0.6 is 15.9 Å². The minimum absolute atomic E-state index is 0.312. The van der Waals surface area contributed by atoms with Crippen LogP contribution in [0.15, 0.2) is 22.7 Å². The van der Waals surface area contributed by atoms with Gasteiger partial charge in [0.05, 0.1) is 10.6 Å². The molecule has 0 amide bonds. The maximum absolute atomic E-state index is 13.4. The van der Waals surface area contributed by atoms with Crippen molar-refractivity contribution in [2.45, 2.75) is 52.1 Å². The number of benzene rings is 1. The zero-order valence-electron chi connectivity index (χ0n) is 11.1. The highest BCUT2D eigenvalue weighted by Crippen LogP contribution is 2.28. The fraction of sp³-hybridized carbons (Fsp3) is 0.600. The quantitative estimate of drug-likeness (QED) is 0.730. The van der Waals surface area contributed by atoms with Crippen molar-refractivity contribution in [2.24, 2.45) is 5.92 Å². The molecule has 0 saturated carbocycles. The van der Waals surface area contributed by atoms with Crippen molar-refractivity contribution in [3.8, 4) is 0 Å². The smallest absolute Gasteiger partial charge is 0.137 e. The highest BCUT2D eigenvalue weighted by Gasteiger charge is 2.15. The van der Waals surface area contributed by atoms with Crippen LogP contribution < -0.4 is 0 Å². The third-order valence-corrected chi connectivity index (χ3v) is 4.07. The molecule has 0 fully saturated rings. The lowest BCUT2D eigenvalue weighted by Gasteiger charge is -2.19. The second-order valence-corrected chi connectivity index (χ2v) is 5.70. The van der Waals surface area contributed by atoms with Gasteiger partial charge >= 0.3 is 0 Å². The first-order valence-corrected chi connectivity index (χ1v) is 7.50. The minimum Gasteiger partial charge on any atom is -0.388 e. The number of rotatable bonds is 7. The Labute approximate surface area is 118 Å². The Kier molecular flexibility index (Phi) is 6.87. The fourth-order valence-corrected chi connectivity index (χ4v) is 2.40. The lowest BCUT2D eigenvalue weighted by atomic mass is 9.91. The Hall–Kier alpha value is -0.410. The van der Waals surface area contributed by atoms with Gasteiger partial charge in [0.1, 0.15) is 5.82 Å². The van der Waals surface area contributed by atoms with Crippen LogP contribution in [0.1, 0.15) is 57.6 Å². The zero-order chi connectivity index (χ0) is 13.5. The summed E-state index contributed by atoms with van der Waals surface area (Å²) >= 11 is 3.12. The highest BCUT2D eigenvalue weighted by atomic mass is 79.9. The van der Waals surface area contributed by atoms with Crippen molar-refractivity contribution >= 4 is 15.9 Å². The van der Waals surface area contributed by atoms with Gasteiger partial charge in [0.25, 0.3) is 0 Å². The first-order valence-electron chi connectivity index (χ1n) is 6.71. The van der Waals surface area contributed by atoms with Crippen LogP contribution in [-0.2, 0) is 0 Å². The van der Waals surface area contributed by atoms with E-state index in [2.05, 4.69) is 29.8 Å². The van der Waals surface area contributed by atoms with Crippen LogP contribution in [0.5, 0.6) is 0 Å². The van der Waals surface area contributed by atoms with E-state index >= 15 is 0 Å². The van der Waals surface area contributed by atoms with Gasteiger partial charge in [0, 0.05) is 0 Å². The molecule has 0 radical (unpaired) electrons. The maximum Gasteiger partial charge on any atom is 0.137 e. The number of aliphatic hydroxyl groups excluding tert-OH is 1. The van der Waals surface area contributed by atoms with Crippen molar-refractivity contribution in [2.75, 3.05) is 0 Å². The van der Waals surface area contributed by atoms with Crippen molar-refractivity contribution < 1.29 is 9.50 Å². The molecule has 0 spiro atoms. The summed E-state index contributed by atoms with van der Waals surface area (Å²) in [7, 11) is 0. The van der Waals surface area contributed by atoms with Gasteiger partial charge in [-0.1, -0.05) is 45.6 Å². The molecule has 18 heavy (non-hydrogen) atoms. The van der Waals surface area contributed by atoms with Crippen LogP contribution in [-0.4, -0.2) is 5.11 Å². The first kappa shape index (κ1) is 15.6. The highest BCUT2D eigenvalue weighted by molar-refractivity contribution is 9.10. The summed E-state index contributed by atoms with van der Waals surface area (Å²) in [5.74, 6) is 0.208. The summed E-state index contributed by atoms with van der Waals surface area (Å²) in [6.07, 6.45) is 4.74. The molecule has 1 rings (SSSR count). The standard InChI is InChI=1S/C15H22BrFO/c1-3-5-6-11(4-2)9-15(18)12-7-8-13(16)14(17)10-12/h7-8,10-11,15,18H,3-6,9H2,1-2H3. The van der Waals surface area contributed by atoms with E-state index in [9.17, 15) is 9.50 Å². The molecule has 0 saturated heterocycles. The van der Waals surface area contributed by atoms with E-state index in [1.54, 1.807) is 12.1 Å². The number of hydrogen-bond acceptors (Lipinski definition) is 1. The largest absolute Gasteiger partial charge is 0.388 e. The molecule has 0 aliphatic rings. The summed E-state index contributed by atoms with van der Waals surface area (Å²) in [6.45, 7) is 4.32. The number of aliphatic hydroxyl groups is 1. The van der Waals surface area contributed by atoms with Gasteiger partial charge in [0.15, 0.2) is 0 Å². The van der Waals surface area contributed by atoms with Crippen LogP contribution in [0.25, 0.3) is 0 Å². The third-order valence-electron chi connectivity index (χ3n) is 3.43. The molecule has 1 aromatic carbocycles. The molecule has 1 aromatic rings. The van der Waals surface area contributed by atoms with Crippen molar-refractivity contribution in [3.63, 3.8) is 0 Å².